The van der Waals surface area contributed by atoms with Crippen molar-refractivity contribution >= 4 is 15.9 Å². The molecule has 0 aromatic heterocycles. The monoisotopic (exact) mass is 384 g/mol. The van der Waals surface area contributed by atoms with Crippen LogP contribution in [-0.2, 0) is 21.4 Å². The van der Waals surface area contributed by atoms with Crippen LogP contribution in [0.5, 0.6) is 11.5 Å². The Balaban J connectivity index is 2.20. The first kappa shape index (κ1) is 20.5. The maximum atomic E-state index is 13.0. The summed E-state index contributed by atoms with van der Waals surface area (Å²) < 4.78 is 36.0. The molecule has 0 N–H and O–H groups in total. The van der Waals surface area contributed by atoms with Gasteiger partial charge < -0.3 is 14.4 Å². The molecule has 0 radical (unpaired) electrons. The minimum absolute atomic E-state index is 0.146. The van der Waals surface area contributed by atoms with Crippen molar-refractivity contribution < 1.29 is 22.7 Å². The molecular formula is C18H28N2O5S. The first-order valence-corrected chi connectivity index (χ1v) is 10.6. The molecule has 0 spiro atoms. The van der Waals surface area contributed by atoms with Crippen molar-refractivity contribution in [2.75, 3.05) is 33.6 Å². The van der Waals surface area contributed by atoms with E-state index in [9.17, 15) is 13.2 Å². The number of hydrogen-bond donors (Lipinski definition) is 0. The zero-order valence-electron chi connectivity index (χ0n) is 15.9. The summed E-state index contributed by atoms with van der Waals surface area (Å²) in [6.45, 7) is 3.19. The SMILES string of the molecule is CCN(Cc1ccc(OC)c(OC)c1)C(=O)C1CCCCN1S(C)(=O)=O. The number of carbonyl (C=O) groups excluding carboxylic acids is 1. The smallest absolute Gasteiger partial charge is 0.241 e. The molecule has 0 bridgehead atoms. The number of ether oxygens (including phenoxy) is 2. The number of amides is 1. The topological polar surface area (TPSA) is 76.2 Å². The quantitative estimate of drug-likeness (QED) is 0.717. The summed E-state index contributed by atoms with van der Waals surface area (Å²) in [4.78, 5) is 14.7. The number of carbonyl (C=O) groups is 1. The van der Waals surface area contributed by atoms with Crippen molar-refractivity contribution in [1.29, 1.82) is 0 Å². The van der Waals surface area contributed by atoms with Crippen molar-refractivity contribution in [3.05, 3.63) is 23.8 Å². The lowest BCUT2D eigenvalue weighted by Crippen LogP contribution is -2.52. The minimum atomic E-state index is -3.41. The highest BCUT2D eigenvalue weighted by molar-refractivity contribution is 7.88. The average molecular weight is 384 g/mol. The van der Waals surface area contributed by atoms with Crippen LogP contribution < -0.4 is 9.47 Å². The van der Waals surface area contributed by atoms with Crippen LogP contribution in [0.2, 0.25) is 0 Å². The van der Waals surface area contributed by atoms with Gasteiger partial charge in [-0.3, -0.25) is 4.79 Å². The molecule has 0 aliphatic carbocycles. The molecule has 1 amide bonds. The highest BCUT2D eigenvalue weighted by atomic mass is 32.2. The molecule has 1 atom stereocenters. The van der Waals surface area contributed by atoms with Crippen LogP contribution in [0.15, 0.2) is 18.2 Å². The fourth-order valence-corrected chi connectivity index (χ4v) is 4.42. The van der Waals surface area contributed by atoms with Gasteiger partial charge in [-0.25, -0.2) is 8.42 Å². The van der Waals surface area contributed by atoms with Crippen LogP contribution in [0.25, 0.3) is 0 Å². The number of sulfonamides is 1. The first-order valence-electron chi connectivity index (χ1n) is 8.78. The Bertz CT molecular complexity index is 735. The summed E-state index contributed by atoms with van der Waals surface area (Å²) in [6, 6.07) is 4.91. The lowest BCUT2D eigenvalue weighted by Gasteiger charge is -2.36. The largest absolute Gasteiger partial charge is 0.493 e. The third kappa shape index (κ3) is 4.67. The second kappa shape index (κ2) is 8.73. The maximum Gasteiger partial charge on any atom is 0.241 e. The van der Waals surface area contributed by atoms with Crippen LogP contribution in [0.1, 0.15) is 31.7 Å². The van der Waals surface area contributed by atoms with Crippen LogP contribution in [-0.4, -0.2) is 63.1 Å². The Kier molecular flexibility index (Phi) is 6.88. The average Bonchev–Trinajstić information content (AvgIpc) is 2.64. The van der Waals surface area contributed by atoms with Crippen molar-refractivity contribution in [3.8, 4) is 11.5 Å². The Labute approximate surface area is 155 Å². The molecule has 1 heterocycles. The van der Waals surface area contributed by atoms with E-state index in [-0.39, 0.29) is 5.91 Å². The fourth-order valence-electron chi connectivity index (χ4n) is 3.30. The second-order valence-corrected chi connectivity index (χ2v) is 8.36. The molecule has 2 rings (SSSR count). The molecule has 1 aromatic carbocycles. The van der Waals surface area contributed by atoms with Gasteiger partial charge in [0.1, 0.15) is 6.04 Å². The molecule has 1 fully saturated rings. The van der Waals surface area contributed by atoms with Crippen LogP contribution in [0.4, 0.5) is 0 Å². The lowest BCUT2D eigenvalue weighted by atomic mass is 10.0. The molecule has 1 aliphatic rings. The van der Waals surface area contributed by atoms with E-state index in [4.69, 9.17) is 9.47 Å². The summed E-state index contributed by atoms with van der Waals surface area (Å²) >= 11 is 0. The fraction of sp³-hybridized carbons (Fsp3) is 0.611. The number of rotatable bonds is 7. The molecule has 146 valence electrons. The number of likely N-dealkylation sites (N-methyl/N-ethyl adjacent to an activating group) is 1. The molecule has 26 heavy (non-hydrogen) atoms. The predicted octanol–water partition coefficient (Wildman–Crippen LogP) is 1.87. The van der Waals surface area contributed by atoms with Crippen molar-refractivity contribution in [1.82, 2.24) is 9.21 Å². The summed E-state index contributed by atoms with van der Waals surface area (Å²) in [5.74, 6) is 1.08. The molecule has 7 nitrogen and oxygen atoms in total. The van der Waals surface area contributed by atoms with E-state index < -0.39 is 16.1 Å². The van der Waals surface area contributed by atoms with Crippen molar-refractivity contribution in [2.45, 2.75) is 38.8 Å². The molecule has 8 heteroatoms. The summed E-state index contributed by atoms with van der Waals surface area (Å²) in [6.07, 6.45) is 3.38. The number of benzene rings is 1. The normalized spacial score (nSPS) is 18.4. The summed E-state index contributed by atoms with van der Waals surface area (Å²) in [5.41, 5.74) is 0.902. The van der Waals surface area contributed by atoms with E-state index >= 15 is 0 Å². The highest BCUT2D eigenvalue weighted by Crippen LogP contribution is 2.28. The van der Waals surface area contributed by atoms with Crippen molar-refractivity contribution in [2.24, 2.45) is 0 Å². The predicted molar refractivity (Wildman–Crippen MR) is 99.8 cm³/mol. The van der Waals surface area contributed by atoms with E-state index in [0.29, 0.717) is 37.6 Å². The van der Waals surface area contributed by atoms with E-state index in [1.165, 1.54) is 10.6 Å². The van der Waals surface area contributed by atoms with Gasteiger partial charge >= 0.3 is 0 Å². The van der Waals surface area contributed by atoms with Gasteiger partial charge in [0.15, 0.2) is 11.5 Å². The van der Waals surface area contributed by atoms with E-state index in [1.807, 2.05) is 19.1 Å². The number of nitrogens with zero attached hydrogens (tertiary/aromatic N) is 2. The van der Waals surface area contributed by atoms with E-state index in [1.54, 1.807) is 25.2 Å². The molecular weight excluding hydrogens is 356 g/mol. The summed E-state index contributed by atoms with van der Waals surface area (Å²) in [5, 5.41) is 0. The standard InChI is InChI=1S/C18H28N2O5S/c1-5-19(13-14-9-10-16(24-2)17(12-14)25-3)18(21)15-8-6-7-11-20(15)26(4,22)23/h9-10,12,15H,5-8,11,13H2,1-4H3. The van der Waals surface area contributed by atoms with Crippen LogP contribution in [0.3, 0.4) is 0 Å². The van der Waals surface area contributed by atoms with Gasteiger partial charge in [0.2, 0.25) is 15.9 Å². The van der Waals surface area contributed by atoms with Crippen molar-refractivity contribution in [3.63, 3.8) is 0 Å². The van der Waals surface area contributed by atoms with Gasteiger partial charge in [0, 0.05) is 19.6 Å². The van der Waals surface area contributed by atoms with Crippen LogP contribution in [0, 0.1) is 0 Å². The zero-order chi connectivity index (χ0) is 19.3. The van der Waals surface area contributed by atoms with Gasteiger partial charge in [0.05, 0.1) is 20.5 Å². The van der Waals surface area contributed by atoms with Gasteiger partial charge in [-0.1, -0.05) is 12.5 Å². The molecule has 1 unspecified atom stereocenters. The third-order valence-corrected chi connectivity index (χ3v) is 5.97. The van der Waals surface area contributed by atoms with Gasteiger partial charge in [-0.05, 0) is 37.5 Å². The Hall–Kier alpha value is -1.80. The number of hydrogen-bond acceptors (Lipinski definition) is 5. The van der Waals surface area contributed by atoms with Gasteiger partial charge in [-0.15, -0.1) is 0 Å². The van der Waals surface area contributed by atoms with E-state index in [0.717, 1.165) is 18.4 Å². The highest BCUT2D eigenvalue weighted by Gasteiger charge is 2.36. The Morgan fingerprint density at radius 3 is 2.50 bits per heavy atom. The lowest BCUT2D eigenvalue weighted by molar-refractivity contribution is -0.136. The van der Waals surface area contributed by atoms with Gasteiger partial charge in [0.25, 0.3) is 0 Å². The van der Waals surface area contributed by atoms with E-state index in [2.05, 4.69) is 0 Å². The minimum Gasteiger partial charge on any atom is -0.493 e. The molecule has 1 saturated heterocycles. The number of methoxy groups -OCH3 is 2. The van der Waals surface area contributed by atoms with Gasteiger partial charge in [-0.2, -0.15) is 4.31 Å². The third-order valence-electron chi connectivity index (χ3n) is 4.68. The Morgan fingerprint density at radius 1 is 1.23 bits per heavy atom. The zero-order valence-corrected chi connectivity index (χ0v) is 16.7. The Morgan fingerprint density at radius 2 is 1.92 bits per heavy atom. The molecule has 1 aliphatic heterocycles. The summed E-state index contributed by atoms with van der Waals surface area (Å²) in [7, 11) is -0.268. The number of piperidine rings is 1. The van der Waals surface area contributed by atoms with Crippen LogP contribution >= 0.6 is 0 Å². The molecule has 1 aromatic rings. The first-order chi connectivity index (χ1) is 12.3. The maximum absolute atomic E-state index is 13.0. The second-order valence-electron chi connectivity index (χ2n) is 6.43. The molecule has 0 saturated carbocycles.